The normalized spacial score (nSPS) is 11.5. The molecule has 0 bridgehead atoms. The number of hydrogen-bond donors (Lipinski definition) is 1. The monoisotopic (exact) mass is 389 g/mol. The van der Waals surface area contributed by atoms with E-state index in [1.54, 1.807) is 24.3 Å². The van der Waals surface area contributed by atoms with Gasteiger partial charge in [-0.3, -0.25) is 9.59 Å². The first-order chi connectivity index (χ1) is 14.1. The Morgan fingerprint density at radius 1 is 0.759 bits per heavy atom. The predicted octanol–water partition coefficient (Wildman–Crippen LogP) is 3.45. The van der Waals surface area contributed by atoms with Gasteiger partial charge in [0.1, 0.15) is 18.4 Å². The zero-order valence-electron chi connectivity index (χ0n) is 16.0. The van der Waals surface area contributed by atoms with Crippen molar-refractivity contribution in [2.24, 2.45) is 5.73 Å². The van der Waals surface area contributed by atoms with Gasteiger partial charge in [-0.25, -0.2) is 0 Å². The minimum atomic E-state index is -0.712. The molecule has 2 N–H and O–H groups in total. The lowest BCUT2D eigenvalue weighted by atomic mass is 10.1. The number of carbonyl (C=O) groups excluding carboxylic acids is 2. The molecule has 0 aromatic heterocycles. The summed E-state index contributed by atoms with van der Waals surface area (Å²) in [6, 6.07) is 25.1. The first-order valence-corrected chi connectivity index (χ1v) is 9.40. The van der Waals surface area contributed by atoms with Crippen LogP contribution in [0, 0.1) is 0 Å². The Morgan fingerprint density at radius 3 is 1.97 bits per heavy atom. The van der Waals surface area contributed by atoms with E-state index in [4.69, 9.17) is 15.2 Å². The predicted molar refractivity (Wildman–Crippen MR) is 110 cm³/mol. The molecule has 0 saturated heterocycles. The molecule has 0 aliphatic rings. The fourth-order valence-corrected chi connectivity index (χ4v) is 2.80. The summed E-state index contributed by atoms with van der Waals surface area (Å²) >= 11 is 0. The SMILES string of the molecule is N[C@@H](Cc1ccccc1)C(=O)OCc1ccc(OC(=O)Cc2ccccc2)cc1. The fourth-order valence-electron chi connectivity index (χ4n) is 2.80. The summed E-state index contributed by atoms with van der Waals surface area (Å²) in [5.74, 6) is -0.337. The van der Waals surface area contributed by atoms with Crippen molar-refractivity contribution in [3.63, 3.8) is 0 Å². The van der Waals surface area contributed by atoms with Crippen molar-refractivity contribution in [2.75, 3.05) is 0 Å². The van der Waals surface area contributed by atoms with Gasteiger partial charge in [-0.05, 0) is 35.2 Å². The second kappa shape index (κ2) is 10.2. The van der Waals surface area contributed by atoms with E-state index in [-0.39, 0.29) is 19.0 Å². The molecule has 0 fully saturated rings. The Morgan fingerprint density at radius 2 is 1.34 bits per heavy atom. The highest BCUT2D eigenvalue weighted by Crippen LogP contribution is 2.14. The molecular formula is C24H23NO4. The van der Waals surface area contributed by atoms with E-state index in [1.807, 2.05) is 60.7 Å². The molecule has 148 valence electrons. The molecule has 0 unspecified atom stereocenters. The standard InChI is InChI=1S/C24H23NO4/c25-22(15-18-7-3-1-4-8-18)24(27)28-17-20-11-13-21(14-12-20)29-23(26)16-19-9-5-2-6-10-19/h1-14,22H,15-17,25H2/t22-/m0/s1. The molecule has 1 atom stereocenters. The average Bonchev–Trinajstić information content (AvgIpc) is 2.74. The topological polar surface area (TPSA) is 78.6 Å². The van der Waals surface area contributed by atoms with Gasteiger partial charge in [0.25, 0.3) is 0 Å². The summed E-state index contributed by atoms with van der Waals surface area (Å²) in [7, 11) is 0. The van der Waals surface area contributed by atoms with Crippen LogP contribution in [0.3, 0.4) is 0 Å². The minimum Gasteiger partial charge on any atom is -0.460 e. The summed E-state index contributed by atoms with van der Waals surface area (Å²) in [5.41, 5.74) is 8.59. The van der Waals surface area contributed by atoms with E-state index in [9.17, 15) is 9.59 Å². The van der Waals surface area contributed by atoms with Gasteiger partial charge in [-0.15, -0.1) is 0 Å². The first kappa shape index (κ1) is 20.3. The number of benzene rings is 3. The average molecular weight is 389 g/mol. The molecule has 0 radical (unpaired) electrons. The van der Waals surface area contributed by atoms with Crippen molar-refractivity contribution >= 4 is 11.9 Å². The smallest absolute Gasteiger partial charge is 0.323 e. The largest absolute Gasteiger partial charge is 0.460 e. The van der Waals surface area contributed by atoms with Gasteiger partial charge in [0.15, 0.2) is 0 Å². The number of nitrogens with two attached hydrogens (primary N) is 1. The summed E-state index contributed by atoms with van der Waals surface area (Å²) in [6.07, 6.45) is 0.634. The van der Waals surface area contributed by atoms with Crippen molar-refractivity contribution in [1.82, 2.24) is 0 Å². The summed E-state index contributed by atoms with van der Waals surface area (Å²) < 4.78 is 10.6. The van der Waals surface area contributed by atoms with Gasteiger partial charge < -0.3 is 15.2 Å². The van der Waals surface area contributed by atoms with Crippen molar-refractivity contribution in [1.29, 1.82) is 0 Å². The van der Waals surface area contributed by atoms with Crippen LogP contribution in [0.5, 0.6) is 5.75 Å². The van der Waals surface area contributed by atoms with Crippen LogP contribution >= 0.6 is 0 Å². The lowest BCUT2D eigenvalue weighted by Crippen LogP contribution is -2.34. The zero-order valence-corrected chi connectivity index (χ0v) is 16.0. The highest BCUT2D eigenvalue weighted by atomic mass is 16.5. The number of rotatable bonds is 8. The van der Waals surface area contributed by atoms with E-state index in [2.05, 4.69) is 0 Å². The maximum atomic E-state index is 12.1. The molecule has 0 aliphatic heterocycles. The van der Waals surface area contributed by atoms with E-state index >= 15 is 0 Å². The maximum Gasteiger partial charge on any atom is 0.323 e. The van der Waals surface area contributed by atoms with Crippen LogP contribution in [0.25, 0.3) is 0 Å². The van der Waals surface area contributed by atoms with Gasteiger partial charge in [0, 0.05) is 0 Å². The number of ether oxygens (including phenoxy) is 2. The van der Waals surface area contributed by atoms with Crippen molar-refractivity contribution in [3.8, 4) is 5.75 Å². The highest BCUT2D eigenvalue weighted by molar-refractivity contribution is 5.76. The molecular weight excluding hydrogens is 366 g/mol. The lowest BCUT2D eigenvalue weighted by molar-refractivity contribution is -0.146. The Bertz CT molecular complexity index is 924. The van der Waals surface area contributed by atoms with Gasteiger partial charge in [-0.1, -0.05) is 72.8 Å². The molecule has 5 nitrogen and oxygen atoms in total. The third kappa shape index (κ3) is 6.59. The fraction of sp³-hybridized carbons (Fsp3) is 0.167. The van der Waals surface area contributed by atoms with Gasteiger partial charge in [0.2, 0.25) is 0 Å². The van der Waals surface area contributed by atoms with Gasteiger partial charge >= 0.3 is 11.9 Å². The molecule has 29 heavy (non-hydrogen) atoms. The van der Waals surface area contributed by atoms with Crippen LogP contribution in [0.2, 0.25) is 0 Å². The molecule has 0 spiro atoms. The van der Waals surface area contributed by atoms with E-state index < -0.39 is 12.0 Å². The molecule has 0 heterocycles. The van der Waals surface area contributed by atoms with Crippen LogP contribution in [-0.2, 0) is 33.8 Å². The molecule has 0 saturated carbocycles. The van der Waals surface area contributed by atoms with Crippen molar-refractivity contribution in [3.05, 3.63) is 102 Å². The van der Waals surface area contributed by atoms with Gasteiger partial charge in [-0.2, -0.15) is 0 Å². The Hall–Kier alpha value is -3.44. The Labute approximate surface area is 170 Å². The zero-order chi connectivity index (χ0) is 20.5. The first-order valence-electron chi connectivity index (χ1n) is 9.40. The highest BCUT2D eigenvalue weighted by Gasteiger charge is 2.15. The minimum absolute atomic E-state index is 0.111. The molecule has 5 heteroatoms. The summed E-state index contributed by atoms with van der Waals surface area (Å²) in [4.78, 5) is 24.1. The molecule has 3 rings (SSSR count). The second-order valence-electron chi connectivity index (χ2n) is 6.68. The maximum absolute atomic E-state index is 12.1. The molecule has 3 aromatic carbocycles. The Balaban J connectivity index is 1.45. The van der Waals surface area contributed by atoms with E-state index in [0.717, 1.165) is 16.7 Å². The Kier molecular flexibility index (Phi) is 7.14. The number of hydrogen-bond acceptors (Lipinski definition) is 5. The molecule has 0 amide bonds. The third-order valence-electron chi connectivity index (χ3n) is 4.33. The van der Waals surface area contributed by atoms with Crippen molar-refractivity contribution < 1.29 is 19.1 Å². The second-order valence-corrected chi connectivity index (χ2v) is 6.68. The molecule has 3 aromatic rings. The summed E-state index contributed by atoms with van der Waals surface area (Å²) in [5, 5.41) is 0. The van der Waals surface area contributed by atoms with Gasteiger partial charge in [0.05, 0.1) is 6.42 Å². The van der Waals surface area contributed by atoms with Crippen LogP contribution in [-0.4, -0.2) is 18.0 Å². The number of esters is 2. The van der Waals surface area contributed by atoms with Crippen LogP contribution in [0.15, 0.2) is 84.9 Å². The van der Waals surface area contributed by atoms with Crippen LogP contribution in [0.4, 0.5) is 0 Å². The van der Waals surface area contributed by atoms with Crippen LogP contribution in [0.1, 0.15) is 16.7 Å². The quantitative estimate of drug-likeness (QED) is 0.472. The van der Waals surface area contributed by atoms with E-state index in [0.29, 0.717) is 12.2 Å². The number of carbonyl (C=O) groups is 2. The lowest BCUT2D eigenvalue weighted by Gasteiger charge is -2.12. The summed E-state index contributed by atoms with van der Waals surface area (Å²) in [6.45, 7) is 0.111. The third-order valence-corrected chi connectivity index (χ3v) is 4.33. The van der Waals surface area contributed by atoms with Crippen molar-refractivity contribution in [2.45, 2.75) is 25.5 Å². The van der Waals surface area contributed by atoms with E-state index in [1.165, 1.54) is 0 Å². The molecule has 0 aliphatic carbocycles. The van der Waals surface area contributed by atoms with Crippen LogP contribution < -0.4 is 10.5 Å².